The van der Waals surface area contributed by atoms with Crippen LogP contribution in [0.15, 0.2) is 29.3 Å². The summed E-state index contributed by atoms with van der Waals surface area (Å²) in [6.45, 7) is 7.06. The van der Waals surface area contributed by atoms with Crippen molar-refractivity contribution in [3.8, 4) is 0 Å². The first-order chi connectivity index (χ1) is 5.31. The van der Waals surface area contributed by atoms with Crippen LogP contribution in [0.2, 0.25) is 0 Å². The molecule has 0 aliphatic carbocycles. The van der Waals surface area contributed by atoms with Crippen molar-refractivity contribution in [2.24, 2.45) is 10.9 Å². The van der Waals surface area contributed by atoms with E-state index in [2.05, 4.69) is 24.1 Å². The summed E-state index contributed by atoms with van der Waals surface area (Å²) in [5, 5.41) is 0. The molecule has 0 saturated heterocycles. The summed E-state index contributed by atoms with van der Waals surface area (Å²) in [4.78, 5) is 4.22. The van der Waals surface area contributed by atoms with Crippen molar-refractivity contribution in [1.82, 2.24) is 0 Å². The van der Waals surface area contributed by atoms with Gasteiger partial charge in [0.05, 0.1) is 0 Å². The van der Waals surface area contributed by atoms with Gasteiger partial charge in [-0.1, -0.05) is 25.2 Å². The zero-order chi connectivity index (χ0) is 8.53. The Kier molecular flexibility index (Phi) is 6.70. The first-order valence-corrected chi connectivity index (χ1v) is 4.05. The fourth-order valence-corrected chi connectivity index (χ4v) is 0.763. The van der Waals surface area contributed by atoms with Crippen LogP contribution in [0.5, 0.6) is 0 Å². The summed E-state index contributed by atoms with van der Waals surface area (Å²) in [5.74, 6) is 0.557. The number of allylic oxidation sites excluding steroid dienone is 3. The highest BCUT2D eigenvalue weighted by Gasteiger charge is 1.90. The topological polar surface area (TPSA) is 12.4 Å². The van der Waals surface area contributed by atoms with Crippen LogP contribution in [0.4, 0.5) is 0 Å². The van der Waals surface area contributed by atoms with Crippen molar-refractivity contribution >= 4 is 6.21 Å². The Balaban J connectivity index is 3.52. The van der Waals surface area contributed by atoms with Gasteiger partial charge in [0, 0.05) is 12.8 Å². The van der Waals surface area contributed by atoms with E-state index in [4.69, 9.17) is 0 Å². The molecule has 0 spiro atoms. The minimum atomic E-state index is 0.557. The van der Waals surface area contributed by atoms with Gasteiger partial charge < -0.3 is 0 Å². The summed E-state index contributed by atoms with van der Waals surface area (Å²) in [6.07, 6.45) is 10.00. The number of hydrogen-bond donors (Lipinski definition) is 0. The quantitative estimate of drug-likeness (QED) is 0.433. The van der Waals surface area contributed by atoms with E-state index in [1.165, 1.54) is 0 Å². The Bertz CT molecular complexity index is 154. The number of aliphatic imine (C=N–C) groups is 1. The Labute approximate surface area is 69.5 Å². The molecule has 11 heavy (non-hydrogen) atoms. The fourth-order valence-electron chi connectivity index (χ4n) is 0.763. The molecule has 0 aromatic rings. The smallest absolute Gasteiger partial charge is 0.0449 e. The van der Waals surface area contributed by atoms with Crippen molar-refractivity contribution in [1.29, 1.82) is 0 Å². The number of nitrogens with zero attached hydrogens (tertiary/aromatic N) is 1. The summed E-state index contributed by atoms with van der Waals surface area (Å²) in [7, 11) is 0. The zero-order valence-corrected chi connectivity index (χ0v) is 7.62. The van der Waals surface area contributed by atoms with Crippen LogP contribution in [0, 0.1) is 5.92 Å². The minimum absolute atomic E-state index is 0.557. The first kappa shape index (κ1) is 10.2. The van der Waals surface area contributed by atoms with Gasteiger partial charge >= 0.3 is 0 Å². The summed E-state index contributed by atoms with van der Waals surface area (Å²) < 4.78 is 0. The molecule has 62 valence electrons. The van der Waals surface area contributed by atoms with E-state index < -0.39 is 0 Å². The standard InChI is InChI=1S/C10H17N/c1-4-6-8-11-9-10(3)7-5-2/h4-8,10H,9H2,1-3H3/b6-4-,7-5-,11-8?/t10-/m1/s1. The molecule has 0 heterocycles. The molecule has 0 saturated carbocycles. The molecule has 0 amide bonds. The SMILES string of the molecule is C/C=C\C=NC[C@H](C)/C=C\C. The highest BCUT2D eigenvalue weighted by atomic mass is 14.7. The second kappa shape index (κ2) is 7.26. The zero-order valence-electron chi connectivity index (χ0n) is 7.62. The molecule has 0 unspecified atom stereocenters. The van der Waals surface area contributed by atoms with Crippen molar-refractivity contribution in [2.45, 2.75) is 20.8 Å². The van der Waals surface area contributed by atoms with Crippen molar-refractivity contribution in [2.75, 3.05) is 6.54 Å². The van der Waals surface area contributed by atoms with E-state index >= 15 is 0 Å². The van der Waals surface area contributed by atoms with Gasteiger partial charge in [0.2, 0.25) is 0 Å². The van der Waals surface area contributed by atoms with Crippen LogP contribution in [0.25, 0.3) is 0 Å². The predicted molar refractivity (Wildman–Crippen MR) is 52.2 cm³/mol. The molecule has 0 bridgehead atoms. The molecular formula is C10H17N. The van der Waals surface area contributed by atoms with Gasteiger partial charge in [0.15, 0.2) is 0 Å². The number of hydrogen-bond acceptors (Lipinski definition) is 1. The Morgan fingerprint density at radius 2 is 2.00 bits per heavy atom. The van der Waals surface area contributed by atoms with Crippen LogP contribution in [0.1, 0.15) is 20.8 Å². The average molecular weight is 151 g/mol. The normalized spacial score (nSPS) is 15.5. The van der Waals surface area contributed by atoms with E-state index in [0.29, 0.717) is 5.92 Å². The minimum Gasteiger partial charge on any atom is -0.293 e. The molecule has 0 rings (SSSR count). The molecule has 0 aliphatic rings. The van der Waals surface area contributed by atoms with E-state index in [0.717, 1.165) is 6.54 Å². The second-order valence-corrected chi connectivity index (χ2v) is 2.54. The van der Waals surface area contributed by atoms with E-state index in [1.54, 1.807) is 0 Å². The lowest BCUT2D eigenvalue weighted by Crippen LogP contribution is -1.93. The maximum Gasteiger partial charge on any atom is 0.0449 e. The van der Waals surface area contributed by atoms with Crippen molar-refractivity contribution in [3.05, 3.63) is 24.3 Å². The van der Waals surface area contributed by atoms with E-state index in [-0.39, 0.29) is 0 Å². The summed E-state index contributed by atoms with van der Waals surface area (Å²) >= 11 is 0. The van der Waals surface area contributed by atoms with Crippen LogP contribution >= 0.6 is 0 Å². The third-order valence-electron chi connectivity index (χ3n) is 1.30. The molecule has 0 radical (unpaired) electrons. The molecule has 0 aromatic heterocycles. The first-order valence-electron chi connectivity index (χ1n) is 4.05. The molecule has 0 N–H and O–H groups in total. The van der Waals surface area contributed by atoms with Gasteiger partial charge in [-0.25, -0.2) is 0 Å². The number of rotatable bonds is 4. The largest absolute Gasteiger partial charge is 0.293 e. The molecular weight excluding hydrogens is 134 g/mol. The van der Waals surface area contributed by atoms with E-state index in [1.807, 2.05) is 32.2 Å². The monoisotopic (exact) mass is 151 g/mol. The highest BCUT2D eigenvalue weighted by Crippen LogP contribution is 1.96. The van der Waals surface area contributed by atoms with Crippen LogP contribution in [-0.4, -0.2) is 12.8 Å². The third kappa shape index (κ3) is 7.04. The second-order valence-electron chi connectivity index (χ2n) is 2.54. The van der Waals surface area contributed by atoms with Gasteiger partial charge in [0.25, 0.3) is 0 Å². The summed E-state index contributed by atoms with van der Waals surface area (Å²) in [5.41, 5.74) is 0. The lowest BCUT2D eigenvalue weighted by molar-refractivity contribution is 0.743. The predicted octanol–water partition coefficient (Wildman–Crippen LogP) is 2.85. The van der Waals surface area contributed by atoms with Gasteiger partial charge in [-0.05, 0) is 25.8 Å². The Hall–Kier alpha value is -0.850. The van der Waals surface area contributed by atoms with E-state index in [9.17, 15) is 0 Å². The molecule has 1 nitrogen and oxygen atoms in total. The molecule has 0 fully saturated rings. The Morgan fingerprint density at radius 1 is 1.27 bits per heavy atom. The van der Waals surface area contributed by atoms with Gasteiger partial charge in [0.1, 0.15) is 0 Å². The van der Waals surface area contributed by atoms with Crippen LogP contribution < -0.4 is 0 Å². The average Bonchev–Trinajstić information content (AvgIpc) is 1.99. The fraction of sp³-hybridized carbons (Fsp3) is 0.500. The molecule has 0 aliphatic heterocycles. The van der Waals surface area contributed by atoms with Crippen LogP contribution in [-0.2, 0) is 0 Å². The molecule has 1 atom stereocenters. The molecule has 0 aromatic carbocycles. The van der Waals surface area contributed by atoms with Gasteiger partial charge in [-0.3, -0.25) is 4.99 Å². The third-order valence-corrected chi connectivity index (χ3v) is 1.30. The maximum atomic E-state index is 4.22. The highest BCUT2D eigenvalue weighted by molar-refractivity contribution is 5.70. The lowest BCUT2D eigenvalue weighted by atomic mass is 10.2. The van der Waals surface area contributed by atoms with Gasteiger partial charge in [-0.2, -0.15) is 0 Å². The lowest BCUT2D eigenvalue weighted by Gasteiger charge is -1.98. The van der Waals surface area contributed by atoms with Crippen molar-refractivity contribution < 1.29 is 0 Å². The van der Waals surface area contributed by atoms with Crippen LogP contribution in [0.3, 0.4) is 0 Å². The summed E-state index contributed by atoms with van der Waals surface area (Å²) in [6, 6.07) is 0. The van der Waals surface area contributed by atoms with Gasteiger partial charge in [-0.15, -0.1) is 0 Å². The molecule has 1 heteroatoms. The van der Waals surface area contributed by atoms with Crippen molar-refractivity contribution in [3.63, 3.8) is 0 Å². The Morgan fingerprint density at radius 3 is 2.55 bits per heavy atom. The maximum absolute atomic E-state index is 4.22.